The molecule has 0 radical (unpaired) electrons. The number of methoxy groups -OCH3 is 1. The zero-order valence-corrected chi connectivity index (χ0v) is 14.5. The summed E-state index contributed by atoms with van der Waals surface area (Å²) in [7, 11) is 1.81. The predicted molar refractivity (Wildman–Crippen MR) is 91.9 cm³/mol. The van der Waals surface area contributed by atoms with Crippen LogP contribution in [0.5, 0.6) is 0 Å². The predicted octanol–water partition coefficient (Wildman–Crippen LogP) is 4.36. The zero-order valence-electron chi connectivity index (χ0n) is 14.5. The molecule has 0 aliphatic heterocycles. The van der Waals surface area contributed by atoms with Crippen LogP contribution >= 0.6 is 0 Å². The second-order valence-corrected chi connectivity index (χ2v) is 6.77. The molecule has 2 heteroatoms. The van der Waals surface area contributed by atoms with E-state index in [-0.39, 0.29) is 5.60 Å². The van der Waals surface area contributed by atoms with Gasteiger partial charge in [-0.1, -0.05) is 36.8 Å². The molecular formula is C19H33NO. The van der Waals surface area contributed by atoms with Gasteiger partial charge in [0.2, 0.25) is 0 Å². The Labute approximate surface area is 131 Å². The Bertz CT molecular complexity index is 400. The topological polar surface area (TPSA) is 21.3 Å². The maximum atomic E-state index is 5.56. The summed E-state index contributed by atoms with van der Waals surface area (Å²) in [6.07, 6.45) is 4.65. The lowest BCUT2D eigenvalue weighted by atomic mass is 9.89. The van der Waals surface area contributed by atoms with Crippen molar-refractivity contribution in [3.63, 3.8) is 0 Å². The molecule has 0 spiro atoms. The molecule has 120 valence electrons. The third-order valence-corrected chi connectivity index (χ3v) is 4.17. The minimum absolute atomic E-state index is 0.0182. The van der Waals surface area contributed by atoms with Gasteiger partial charge in [-0.15, -0.1) is 0 Å². The summed E-state index contributed by atoms with van der Waals surface area (Å²) >= 11 is 0. The van der Waals surface area contributed by atoms with Crippen molar-refractivity contribution in [1.29, 1.82) is 0 Å². The standard InChI is InChI=1S/C19H33NO/c1-6-12-20-15-18(10-11-19(3,4)21-5)14-17-9-7-8-16(2)13-17/h7-9,13,18,20H,6,10-12,14-15H2,1-5H3. The van der Waals surface area contributed by atoms with Crippen molar-refractivity contribution in [1.82, 2.24) is 5.32 Å². The molecule has 21 heavy (non-hydrogen) atoms. The molecule has 0 saturated heterocycles. The molecule has 0 aliphatic carbocycles. The molecule has 1 aromatic rings. The number of aryl methyl sites for hydroxylation is 1. The van der Waals surface area contributed by atoms with E-state index in [2.05, 4.69) is 57.3 Å². The molecule has 0 fully saturated rings. The van der Waals surface area contributed by atoms with Gasteiger partial charge in [0.1, 0.15) is 0 Å². The highest BCUT2D eigenvalue weighted by atomic mass is 16.5. The van der Waals surface area contributed by atoms with Crippen molar-refractivity contribution in [3.05, 3.63) is 35.4 Å². The van der Waals surface area contributed by atoms with E-state index >= 15 is 0 Å². The van der Waals surface area contributed by atoms with Crippen LogP contribution in [-0.4, -0.2) is 25.8 Å². The average Bonchev–Trinajstić information content (AvgIpc) is 2.45. The largest absolute Gasteiger partial charge is 0.379 e. The first-order valence-electron chi connectivity index (χ1n) is 8.28. The van der Waals surface area contributed by atoms with Gasteiger partial charge in [0.15, 0.2) is 0 Å². The van der Waals surface area contributed by atoms with Gasteiger partial charge in [-0.25, -0.2) is 0 Å². The summed E-state index contributed by atoms with van der Waals surface area (Å²) < 4.78 is 5.56. The third kappa shape index (κ3) is 7.63. The molecule has 1 rings (SSSR count). The van der Waals surface area contributed by atoms with Crippen LogP contribution in [0.15, 0.2) is 24.3 Å². The Hall–Kier alpha value is -0.860. The van der Waals surface area contributed by atoms with Crippen LogP contribution in [0.2, 0.25) is 0 Å². The molecule has 1 unspecified atom stereocenters. The van der Waals surface area contributed by atoms with Gasteiger partial charge in [-0.3, -0.25) is 0 Å². The molecule has 0 aliphatic rings. The number of benzene rings is 1. The first-order chi connectivity index (χ1) is 9.96. The fourth-order valence-electron chi connectivity index (χ4n) is 2.59. The Kier molecular flexibility index (Phi) is 7.98. The van der Waals surface area contributed by atoms with E-state index in [1.165, 1.54) is 24.0 Å². The highest BCUT2D eigenvalue weighted by Crippen LogP contribution is 2.22. The van der Waals surface area contributed by atoms with Crippen LogP contribution in [-0.2, 0) is 11.2 Å². The van der Waals surface area contributed by atoms with Gasteiger partial charge in [-0.05, 0) is 71.0 Å². The van der Waals surface area contributed by atoms with Crippen LogP contribution in [0.3, 0.4) is 0 Å². The molecule has 1 atom stereocenters. The molecule has 0 aromatic heterocycles. The van der Waals surface area contributed by atoms with Crippen molar-refractivity contribution in [2.45, 2.75) is 59.0 Å². The van der Waals surface area contributed by atoms with E-state index in [0.717, 1.165) is 25.9 Å². The minimum atomic E-state index is -0.0182. The Morgan fingerprint density at radius 2 is 2.05 bits per heavy atom. The van der Waals surface area contributed by atoms with Crippen molar-refractivity contribution >= 4 is 0 Å². The number of ether oxygens (including phenoxy) is 1. The summed E-state index contributed by atoms with van der Waals surface area (Å²) in [5.41, 5.74) is 2.79. The van der Waals surface area contributed by atoms with Crippen LogP contribution in [0.1, 0.15) is 51.2 Å². The summed E-state index contributed by atoms with van der Waals surface area (Å²) in [6, 6.07) is 8.90. The fraction of sp³-hybridized carbons (Fsp3) is 0.684. The van der Waals surface area contributed by atoms with Gasteiger partial charge in [0.25, 0.3) is 0 Å². The van der Waals surface area contributed by atoms with Crippen LogP contribution in [0, 0.1) is 12.8 Å². The summed E-state index contributed by atoms with van der Waals surface area (Å²) in [5.74, 6) is 0.674. The molecule has 0 heterocycles. The number of nitrogens with one attached hydrogen (secondary N) is 1. The summed E-state index contributed by atoms with van der Waals surface area (Å²) in [5, 5.41) is 3.58. The fourth-order valence-corrected chi connectivity index (χ4v) is 2.59. The third-order valence-electron chi connectivity index (χ3n) is 4.17. The van der Waals surface area contributed by atoms with Crippen molar-refractivity contribution in [3.8, 4) is 0 Å². The van der Waals surface area contributed by atoms with Crippen molar-refractivity contribution in [2.75, 3.05) is 20.2 Å². The lowest BCUT2D eigenvalue weighted by Gasteiger charge is -2.26. The Morgan fingerprint density at radius 1 is 1.29 bits per heavy atom. The van der Waals surface area contributed by atoms with E-state index < -0.39 is 0 Å². The average molecular weight is 291 g/mol. The normalized spacial score (nSPS) is 13.4. The molecule has 0 amide bonds. The Morgan fingerprint density at radius 3 is 2.67 bits per heavy atom. The van der Waals surface area contributed by atoms with Crippen LogP contribution in [0.4, 0.5) is 0 Å². The molecular weight excluding hydrogens is 258 g/mol. The van der Waals surface area contributed by atoms with E-state index in [9.17, 15) is 0 Å². The van der Waals surface area contributed by atoms with Gasteiger partial charge < -0.3 is 10.1 Å². The molecule has 1 N–H and O–H groups in total. The van der Waals surface area contributed by atoms with Gasteiger partial charge in [-0.2, -0.15) is 0 Å². The van der Waals surface area contributed by atoms with Crippen molar-refractivity contribution in [2.24, 2.45) is 5.92 Å². The first-order valence-corrected chi connectivity index (χ1v) is 8.28. The first kappa shape index (κ1) is 18.2. The highest BCUT2D eigenvalue weighted by molar-refractivity contribution is 5.22. The molecule has 2 nitrogen and oxygen atoms in total. The summed E-state index contributed by atoms with van der Waals surface area (Å²) in [6.45, 7) is 10.9. The van der Waals surface area contributed by atoms with Gasteiger partial charge in [0.05, 0.1) is 5.60 Å². The lowest BCUT2D eigenvalue weighted by molar-refractivity contribution is 0.0104. The maximum absolute atomic E-state index is 5.56. The minimum Gasteiger partial charge on any atom is -0.379 e. The van der Waals surface area contributed by atoms with E-state index in [0.29, 0.717) is 5.92 Å². The lowest BCUT2D eigenvalue weighted by Crippen LogP contribution is -2.29. The van der Waals surface area contributed by atoms with Gasteiger partial charge in [0, 0.05) is 7.11 Å². The van der Waals surface area contributed by atoms with Crippen molar-refractivity contribution < 1.29 is 4.74 Å². The zero-order chi connectivity index (χ0) is 15.7. The second kappa shape index (κ2) is 9.22. The molecule has 0 saturated carbocycles. The van der Waals surface area contributed by atoms with Crippen LogP contribution < -0.4 is 5.32 Å². The highest BCUT2D eigenvalue weighted by Gasteiger charge is 2.19. The number of hydrogen-bond acceptors (Lipinski definition) is 2. The molecule has 0 bridgehead atoms. The van der Waals surface area contributed by atoms with E-state index in [4.69, 9.17) is 4.74 Å². The van der Waals surface area contributed by atoms with Gasteiger partial charge >= 0.3 is 0 Å². The Balaban J connectivity index is 2.59. The van der Waals surface area contributed by atoms with Crippen LogP contribution in [0.25, 0.3) is 0 Å². The number of rotatable bonds is 10. The van der Waals surface area contributed by atoms with E-state index in [1.54, 1.807) is 0 Å². The SMILES string of the molecule is CCCNCC(CCC(C)(C)OC)Cc1cccc(C)c1. The number of hydrogen-bond donors (Lipinski definition) is 1. The van der Waals surface area contributed by atoms with E-state index in [1.807, 2.05) is 7.11 Å². The maximum Gasteiger partial charge on any atom is 0.0622 e. The quantitative estimate of drug-likeness (QED) is 0.647. The monoisotopic (exact) mass is 291 g/mol. The summed E-state index contributed by atoms with van der Waals surface area (Å²) in [4.78, 5) is 0. The second-order valence-electron chi connectivity index (χ2n) is 6.77. The molecule has 1 aromatic carbocycles. The smallest absolute Gasteiger partial charge is 0.0622 e.